The molecule has 7 heteroatoms. The van der Waals surface area contributed by atoms with Crippen LogP contribution in [0.5, 0.6) is 5.75 Å². The Kier molecular flexibility index (Phi) is 3.39. The third-order valence-corrected chi connectivity index (χ3v) is 4.19. The van der Waals surface area contributed by atoms with Crippen LogP contribution in [0.3, 0.4) is 0 Å². The van der Waals surface area contributed by atoms with Gasteiger partial charge in [0.2, 0.25) is 10.1 Å². The van der Waals surface area contributed by atoms with E-state index in [0.717, 1.165) is 32.9 Å². The van der Waals surface area contributed by atoms with E-state index in [1.165, 1.54) is 11.3 Å². The first kappa shape index (κ1) is 13.7. The molecule has 23 heavy (non-hydrogen) atoms. The summed E-state index contributed by atoms with van der Waals surface area (Å²) in [6, 6.07) is 17.6. The van der Waals surface area contributed by atoms with Gasteiger partial charge in [0.1, 0.15) is 5.75 Å². The second kappa shape index (κ2) is 5.69. The largest absolute Gasteiger partial charge is 0.495 e. The van der Waals surface area contributed by atoms with Crippen LogP contribution in [-0.2, 0) is 0 Å². The van der Waals surface area contributed by atoms with Crippen molar-refractivity contribution in [1.29, 1.82) is 0 Å². The molecule has 0 saturated heterocycles. The third kappa shape index (κ3) is 2.51. The molecule has 0 radical (unpaired) electrons. The number of fused-ring (bicyclic) bond motifs is 1. The Balaban J connectivity index is 1.72. The molecule has 0 saturated carbocycles. The standard InChI is InChI=1S/C16H13N5OS/c1-22-13-10-6-5-9-12(13)17-15-20-21-14(18-19-16(21)23-15)11-7-3-2-4-8-11/h2-10H,1H3,(H,17,20). The lowest BCUT2D eigenvalue weighted by Crippen LogP contribution is -1.96. The smallest absolute Gasteiger partial charge is 0.236 e. The fourth-order valence-corrected chi connectivity index (χ4v) is 3.05. The van der Waals surface area contributed by atoms with Gasteiger partial charge in [0, 0.05) is 5.56 Å². The van der Waals surface area contributed by atoms with Crippen molar-refractivity contribution in [2.75, 3.05) is 12.4 Å². The summed E-state index contributed by atoms with van der Waals surface area (Å²) >= 11 is 1.44. The summed E-state index contributed by atoms with van der Waals surface area (Å²) < 4.78 is 7.09. The summed E-state index contributed by atoms with van der Waals surface area (Å²) in [6.45, 7) is 0. The minimum Gasteiger partial charge on any atom is -0.495 e. The van der Waals surface area contributed by atoms with Gasteiger partial charge in [-0.2, -0.15) is 4.52 Å². The summed E-state index contributed by atoms with van der Waals surface area (Å²) in [5.41, 5.74) is 1.84. The van der Waals surface area contributed by atoms with Crippen LogP contribution in [0, 0.1) is 0 Å². The molecule has 0 spiro atoms. The van der Waals surface area contributed by atoms with Gasteiger partial charge < -0.3 is 10.1 Å². The Hall–Kier alpha value is -2.93. The highest BCUT2D eigenvalue weighted by molar-refractivity contribution is 7.20. The molecule has 0 unspecified atom stereocenters. The SMILES string of the molecule is COc1ccccc1Nc1nn2c(-c3ccccc3)nnc2s1. The molecule has 1 N–H and O–H groups in total. The zero-order valence-corrected chi connectivity index (χ0v) is 13.1. The predicted octanol–water partition coefficient (Wildman–Crippen LogP) is 3.61. The van der Waals surface area contributed by atoms with E-state index in [1.807, 2.05) is 54.6 Å². The van der Waals surface area contributed by atoms with Crippen molar-refractivity contribution in [2.24, 2.45) is 0 Å². The maximum atomic E-state index is 5.35. The monoisotopic (exact) mass is 323 g/mol. The molecule has 0 atom stereocenters. The minimum absolute atomic E-state index is 0.727. The molecule has 4 aromatic rings. The van der Waals surface area contributed by atoms with Crippen molar-refractivity contribution in [3.63, 3.8) is 0 Å². The average Bonchev–Trinajstić information content (AvgIpc) is 3.16. The lowest BCUT2D eigenvalue weighted by atomic mass is 10.2. The maximum Gasteiger partial charge on any atom is 0.236 e. The fourth-order valence-electron chi connectivity index (χ4n) is 2.30. The first-order valence-corrected chi connectivity index (χ1v) is 7.84. The molecule has 6 nitrogen and oxygen atoms in total. The highest BCUT2D eigenvalue weighted by atomic mass is 32.1. The summed E-state index contributed by atoms with van der Waals surface area (Å²) in [6.07, 6.45) is 0. The minimum atomic E-state index is 0.727. The number of methoxy groups -OCH3 is 1. The topological polar surface area (TPSA) is 64.3 Å². The molecule has 0 aliphatic carbocycles. The first-order chi connectivity index (χ1) is 11.3. The van der Waals surface area contributed by atoms with E-state index in [-0.39, 0.29) is 0 Å². The van der Waals surface area contributed by atoms with Gasteiger partial charge in [-0.1, -0.05) is 53.8 Å². The summed E-state index contributed by atoms with van der Waals surface area (Å²) in [7, 11) is 1.65. The van der Waals surface area contributed by atoms with Gasteiger partial charge >= 0.3 is 0 Å². The van der Waals surface area contributed by atoms with Crippen LogP contribution in [-0.4, -0.2) is 26.9 Å². The molecule has 114 valence electrons. The van der Waals surface area contributed by atoms with Crippen molar-refractivity contribution in [1.82, 2.24) is 19.8 Å². The zero-order chi connectivity index (χ0) is 15.6. The second-order valence-electron chi connectivity index (χ2n) is 4.82. The Morgan fingerprint density at radius 2 is 1.78 bits per heavy atom. The number of hydrogen-bond donors (Lipinski definition) is 1. The number of rotatable bonds is 4. The van der Waals surface area contributed by atoms with Crippen molar-refractivity contribution in [3.05, 3.63) is 54.6 Å². The normalized spacial score (nSPS) is 10.8. The highest BCUT2D eigenvalue weighted by Gasteiger charge is 2.14. The van der Waals surface area contributed by atoms with Crippen molar-refractivity contribution >= 4 is 27.1 Å². The molecule has 0 fully saturated rings. The van der Waals surface area contributed by atoms with E-state index in [1.54, 1.807) is 11.6 Å². The molecule has 0 bridgehead atoms. The Bertz CT molecular complexity index is 947. The number of aromatic nitrogens is 4. The number of hydrogen-bond acceptors (Lipinski definition) is 6. The Morgan fingerprint density at radius 3 is 2.61 bits per heavy atom. The van der Waals surface area contributed by atoms with E-state index in [2.05, 4.69) is 20.6 Å². The molecule has 0 amide bonds. The maximum absolute atomic E-state index is 5.35. The molecule has 0 aliphatic rings. The van der Waals surface area contributed by atoms with E-state index >= 15 is 0 Å². The number of para-hydroxylation sites is 2. The molecule has 2 heterocycles. The van der Waals surface area contributed by atoms with Crippen LogP contribution in [0.25, 0.3) is 16.3 Å². The third-order valence-electron chi connectivity index (χ3n) is 3.37. The average molecular weight is 323 g/mol. The summed E-state index contributed by atoms with van der Waals surface area (Å²) in [4.78, 5) is 0.737. The first-order valence-electron chi connectivity index (χ1n) is 7.03. The zero-order valence-electron chi connectivity index (χ0n) is 12.3. The van der Waals surface area contributed by atoms with E-state index in [0.29, 0.717) is 0 Å². The van der Waals surface area contributed by atoms with Crippen LogP contribution in [0.2, 0.25) is 0 Å². The molecule has 2 aromatic heterocycles. The molecular formula is C16H13N5OS. The van der Waals surface area contributed by atoms with E-state index < -0.39 is 0 Å². The molecule has 0 aliphatic heterocycles. The fraction of sp³-hybridized carbons (Fsp3) is 0.0625. The van der Waals surface area contributed by atoms with Crippen LogP contribution < -0.4 is 10.1 Å². The van der Waals surface area contributed by atoms with E-state index in [4.69, 9.17) is 4.74 Å². The quantitative estimate of drug-likeness (QED) is 0.621. The van der Waals surface area contributed by atoms with Crippen LogP contribution in [0.1, 0.15) is 0 Å². The van der Waals surface area contributed by atoms with Gasteiger partial charge in [0.05, 0.1) is 12.8 Å². The Labute approximate surface area is 136 Å². The Morgan fingerprint density at radius 1 is 1.00 bits per heavy atom. The van der Waals surface area contributed by atoms with Gasteiger partial charge in [-0.25, -0.2) is 0 Å². The van der Waals surface area contributed by atoms with Crippen LogP contribution >= 0.6 is 11.3 Å². The molecular weight excluding hydrogens is 310 g/mol. The predicted molar refractivity (Wildman–Crippen MR) is 90.4 cm³/mol. The van der Waals surface area contributed by atoms with Crippen molar-refractivity contribution in [3.8, 4) is 17.1 Å². The van der Waals surface area contributed by atoms with Crippen LogP contribution in [0.4, 0.5) is 10.8 Å². The van der Waals surface area contributed by atoms with Gasteiger partial charge in [0.25, 0.3) is 0 Å². The number of nitrogens with one attached hydrogen (secondary N) is 1. The number of nitrogens with zero attached hydrogens (tertiary/aromatic N) is 4. The van der Waals surface area contributed by atoms with Crippen molar-refractivity contribution in [2.45, 2.75) is 0 Å². The van der Waals surface area contributed by atoms with Crippen molar-refractivity contribution < 1.29 is 4.74 Å². The van der Waals surface area contributed by atoms with Gasteiger partial charge in [-0.05, 0) is 12.1 Å². The summed E-state index contributed by atoms with van der Waals surface area (Å²) in [5.74, 6) is 1.49. The lowest BCUT2D eigenvalue weighted by Gasteiger charge is -2.07. The number of ether oxygens (including phenoxy) is 1. The van der Waals surface area contributed by atoms with Gasteiger partial charge in [-0.15, -0.1) is 15.3 Å². The molecule has 4 rings (SSSR count). The van der Waals surface area contributed by atoms with E-state index in [9.17, 15) is 0 Å². The summed E-state index contributed by atoms with van der Waals surface area (Å²) in [5, 5.41) is 17.0. The number of benzene rings is 2. The second-order valence-corrected chi connectivity index (χ2v) is 5.77. The molecule has 2 aromatic carbocycles. The van der Waals surface area contributed by atoms with Crippen LogP contribution in [0.15, 0.2) is 54.6 Å². The highest BCUT2D eigenvalue weighted by Crippen LogP contribution is 2.30. The number of anilines is 2. The van der Waals surface area contributed by atoms with Gasteiger partial charge in [0.15, 0.2) is 5.82 Å². The lowest BCUT2D eigenvalue weighted by molar-refractivity contribution is 0.417. The van der Waals surface area contributed by atoms with Gasteiger partial charge in [-0.3, -0.25) is 0 Å².